The Balaban J connectivity index is 1.34. The third kappa shape index (κ3) is 2.27. The van der Waals surface area contributed by atoms with E-state index in [2.05, 4.69) is 15.6 Å². The fraction of sp³-hybridized carbons (Fsp3) is 0.579. The number of nitrogens with zero attached hydrogens (tertiary/aromatic N) is 1. The first-order valence-corrected chi connectivity index (χ1v) is 8.91. The van der Waals surface area contributed by atoms with Crippen LogP contribution in [-0.2, 0) is 11.2 Å². The normalized spacial score (nSPS) is 36.9. The van der Waals surface area contributed by atoms with Crippen LogP contribution in [0.5, 0.6) is 0 Å². The Hall–Kier alpha value is -1.84. The monoisotopic (exact) mass is 309 g/mol. The second-order valence-corrected chi connectivity index (χ2v) is 8.15. The molecule has 4 heteroatoms. The molecule has 0 unspecified atom stereocenters. The molecule has 23 heavy (non-hydrogen) atoms. The summed E-state index contributed by atoms with van der Waals surface area (Å²) in [7, 11) is 0. The summed E-state index contributed by atoms with van der Waals surface area (Å²) in [5.41, 5.74) is 2.02. The number of hydrogen-bond acceptors (Lipinski definition) is 3. The summed E-state index contributed by atoms with van der Waals surface area (Å²) >= 11 is 0. The summed E-state index contributed by atoms with van der Waals surface area (Å²) in [6.07, 6.45) is 12.1. The third-order valence-electron chi connectivity index (χ3n) is 6.36. The molecular weight excluding hydrogens is 286 g/mol. The van der Waals surface area contributed by atoms with E-state index in [0.29, 0.717) is 6.42 Å². The van der Waals surface area contributed by atoms with Gasteiger partial charge < -0.3 is 10.6 Å². The number of carbonyl (C=O) groups excluding carboxylic acids is 1. The number of anilines is 1. The van der Waals surface area contributed by atoms with E-state index in [1.54, 1.807) is 6.20 Å². The molecule has 1 aromatic rings. The van der Waals surface area contributed by atoms with Gasteiger partial charge in [0, 0.05) is 29.9 Å². The predicted octanol–water partition coefficient (Wildman–Crippen LogP) is 3.02. The molecule has 4 saturated carbocycles. The molecule has 1 aromatic heterocycles. The summed E-state index contributed by atoms with van der Waals surface area (Å²) in [4.78, 5) is 17.2. The minimum Gasteiger partial charge on any atom is -0.347 e. The van der Waals surface area contributed by atoms with Crippen LogP contribution >= 0.6 is 0 Å². The average Bonchev–Trinajstić information content (AvgIpc) is 2.52. The van der Waals surface area contributed by atoms with Crippen molar-refractivity contribution >= 4 is 11.7 Å². The van der Waals surface area contributed by atoms with Gasteiger partial charge in [-0.1, -0.05) is 6.07 Å². The van der Waals surface area contributed by atoms with Gasteiger partial charge in [-0.25, -0.2) is 4.98 Å². The van der Waals surface area contributed by atoms with Gasteiger partial charge in [-0.15, -0.1) is 0 Å². The smallest absolute Gasteiger partial charge is 0.249 e. The van der Waals surface area contributed by atoms with Crippen LogP contribution in [0.4, 0.5) is 5.82 Å². The van der Waals surface area contributed by atoms with E-state index in [-0.39, 0.29) is 11.4 Å². The molecule has 2 heterocycles. The first-order chi connectivity index (χ1) is 11.2. The molecule has 6 rings (SSSR count). The Morgan fingerprint density at radius 3 is 2.57 bits per heavy atom. The first-order valence-electron chi connectivity index (χ1n) is 8.91. The van der Waals surface area contributed by atoms with Crippen molar-refractivity contribution < 1.29 is 4.79 Å². The molecule has 4 fully saturated rings. The Morgan fingerprint density at radius 1 is 1.17 bits per heavy atom. The summed E-state index contributed by atoms with van der Waals surface area (Å²) < 4.78 is 0. The van der Waals surface area contributed by atoms with Gasteiger partial charge in [-0.05, 0) is 67.9 Å². The van der Waals surface area contributed by atoms with E-state index < -0.39 is 0 Å². The number of carbonyl (C=O) groups is 1. The zero-order valence-corrected chi connectivity index (χ0v) is 13.3. The average molecular weight is 309 g/mol. The molecule has 4 bridgehead atoms. The van der Waals surface area contributed by atoms with Crippen LogP contribution in [0.25, 0.3) is 0 Å². The van der Waals surface area contributed by atoms with Crippen LogP contribution in [-0.4, -0.2) is 16.4 Å². The highest BCUT2D eigenvalue weighted by Crippen LogP contribution is 2.55. The molecule has 5 aliphatic rings. The number of rotatable bonds is 2. The van der Waals surface area contributed by atoms with Gasteiger partial charge >= 0.3 is 0 Å². The minimum atomic E-state index is 0.0852. The molecule has 0 radical (unpaired) electrons. The van der Waals surface area contributed by atoms with E-state index >= 15 is 0 Å². The number of fused-ring (bicyclic) bond motifs is 1. The van der Waals surface area contributed by atoms with Crippen molar-refractivity contribution in [3.05, 3.63) is 35.7 Å². The zero-order chi connectivity index (χ0) is 15.4. The van der Waals surface area contributed by atoms with Crippen molar-refractivity contribution in [3.8, 4) is 0 Å². The fourth-order valence-electron chi connectivity index (χ4n) is 5.85. The van der Waals surface area contributed by atoms with Gasteiger partial charge in [0.25, 0.3) is 0 Å². The van der Waals surface area contributed by atoms with Crippen LogP contribution < -0.4 is 10.6 Å². The maximum Gasteiger partial charge on any atom is 0.249 e. The van der Waals surface area contributed by atoms with Crippen LogP contribution in [0.2, 0.25) is 0 Å². The van der Waals surface area contributed by atoms with Crippen molar-refractivity contribution in [2.75, 3.05) is 5.32 Å². The lowest BCUT2D eigenvalue weighted by molar-refractivity contribution is -0.123. The van der Waals surface area contributed by atoms with Crippen LogP contribution in [0.1, 0.15) is 44.1 Å². The minimum absolute atomic E-state index is 0.0852. The van der Waals surface area contributed by atoms with Gasteiger partial charge in [0.05, 0.1) is 0 Å². The number of amides is 1. The lowest BCUT2D eigenvalue weighted by Crippen LogP contribution is -2.60. The zero-order valence-electron chi connectivity index (χ0n) is 13.3. The van der Waals surface area contributed by atoms with Crippen molar-refractivity contribution in [3.63, 3.8) is 0 Å². The van der Waals surface area contributed by atoms with Gasteiger partial charge in [0.15, 0.2) is 0 Å². The van der Waals surface area contributed by atoms with E-state index in [1.807, 2.05) is 18.3 Å². The van der Waals surface area contributed by atoms with Crippen LogP contribution in [0.15, 0.2) is 30.1 Å². The highest BCUT2D eigenvalue weighted by Gasteiger charge is 2.51. The molecule has 4 nitrogen and oxygen atoms in total. The number of pyridine rings is 1. The Kier molecular flexibility index (Phi) is 2.85. The van der Waals surface area contributed by atoms with Gasteiger partial charge in [0.1, 0.15) is 5.82 Å². The summed E-state index contributed by atoms with van der Waals surface area (Å²) in [6.45, 7) is 0. The standard InChI is InChI=1S/C19H23N3O/c23-18(16-7-15-2-1-3-20-17(15)21-11-16)22-19-8-12-4-13(9-19)6-14(5-12)10-19/h1-3,11-14H,4-10H2,(H,20,21)(H,22,23). The van der Waals surface area contributed by atoms with Crippen molar-refractivity contribution in [2.45, 2.75) is 50.5 Å². The lowest BCUT2D eigenvalue weighted by Gasteiger charge is -2.57. The molecule has 0 aromatic carbocycles. The van der Waals surface area contributed by atoms with E-state index in [9.17, 15) is 4.79 Å². The number of nitrogens with one attached hydrogen (secondary N) is 2. The summed E-state index contributed by atoms with van der Waals surface area (Å²) in [6, 6.07) is 3.97. The molecule has 0 atom stereocenters. The van der Waals surface area contributed by atoms with E-state index in [0.717, 1.165) is 34.7 Å². The molecule has 120 valence electrons. The van der Waals surface area contributed by atoms with Crippen molar-refractivity contribution in [1.82, 2.24) is 10.3 Å². The second-order valence-electron chi connectivity index (χ2n) is 8.15. The predicted molar refractivity (Wildman–Crippen MR) is 88.7 cm³/mol. The number of aromatic nitrogens is 1. The maximum absolute atomic E-state index is 12.9. The largest absolute Gasteiger partial charge is 0.347 e. The van der Waals surface area contributed by atoms with Gasteiger partial charge in [-0.2, -0.15) is 0 Å². The molecule has 4 aliphatic carbocycles. The van der Waals surface area contributed by atoms with Crippen molar-refractivity contribution in [1.29, 1.82) is 0 Å². The summed E-state index contributed by atoms with van der Waals surface area (Å²) in [5, 5.41) is 6.63. The molecule has 0 spiro atoms. The van der Waals surface area contributed by atoms with Crippen LogP contribution in [0, 0.1) is 17.8 Å². The second kappa shape index (κ2) is 4.83. The third-order valence-corrected chi connectivity index (χ3v) is 6.36. The Labute approximate surface area is 136 Å². The Morgan fingerprint density at radius 2 is 1.87 bits per heavy atom. The van der Waals surface area contributed by atoms with Gasteiger partial charge in [0.2, 0.25) is 5.91 Å². The molecular formula is C19H23N3O. The number of hydrogen-bond donors (Lipinski definition) is 2. The first kappa shape index (κ1) is 13.6. The van der Waals surface area contributed by atoms with Crippen molar-refractivity contribution in [2.24, 2.45) is 17.8 Å². The maximum atomic E-state index is 12.9. The van der Waals surface area contributed by atoms with Crippen LogP contribution in [0.3, 0.4) is 0 Å². The van der Waals surface area contributed by atoms with E-state index in [1.165, 1.54) is 38.5 Å². The van der Waals surface area contributed by atoms with Gasteiger partial charge in [-0.3, -0.25) is 4.79 Å². The Bertz CT molecular complexity index is 658. The molecule has 1 amide bonds. The highest BCUT2D eigenvalue weighted by atomic mass is 16.1. The lowest BCUT2D eigenvalue weighted by atomic mass is 9.53. The molecule has 2 N–H and O–H groups in total. The summed E-state index contributed by atoms with van der Waals surface area (Å²) in [5.74, 6) is 3.55. The SMILES string of the molecule is O=C(NC12CC3CC(CC(C3)C1)C2)C1=CNc2ncccc2C1. The molecule has 1 aliphatic heterocycles. The quantitative estimate of drug-likeness (QED) is 0.883. The highest BCUT2D eigenvalue weighted by molar-refractivity contribution is 5.95. The fourth-order valence-corrected chi connectivity index (χ4v) is 5.85. The van der Waals surface area contributed by atoms with E-state index in [4.69, 9.17) is 0 Å². The topological polar surface area (TPSA) is 54.0 Å². The molecule has 0 saturated heterocycles.